The molecule has 1 aromatic heterocycles. The Morgan fingerprint density at radius 1 is 1.27 bits per heavy atom. The van der Waals surface area contributed by atoms with E-state index in [0.717, 1.165) is 11.3 Å². The van der Waals surface area contributed by atoms with Crippen LogP contribution >= 0.6 is 0 Å². The zero-order valence-electron chi connectivity index (χ0n) is 12.5. The molecule has 116 valence electrons. The van der Waals surface area contributed by atoms with Gasteiger partial charge in [-0.2, -0.15) is 4.98 Å². The van der Waals surface area contributed by atoms with E-state index in [1.165, 1.54) is 12.1 Å². The second-order valence-electron chi connectivity index (χ2n) is 5.46. The standard InChI is InChI=1S/C16H18FN3O2/c1-10-7-15(22-2)19-16(18-10)20-9-13(21)8-14(20)11-3-5-12(17)6-4-11/h3-7,13-14,21H,8-9H2,1-2H3/t13-,14-/m1/s1. The molecule has 0 amide bonds. The van der Waals surface area contributed by atoms with Crippen LogP contribution in [0, 0.1) is 12.7 Å². The number of hydrogen-bond donors (Lipinski definition) is 1. The summed E-state index contributed by atoms with van der Waals surface area (Å²) >= 11 is 0. The van der Waals surface area contributed by atoms with Gasteiger partial charge in [0.25, 0.3) is 0 Å². The molecular weight excluding hydrogens is 285 g/mol. The highest BCUT2D eigenvalue weighted by atomic mass is 19.1. The van der Waals surface area contributed by atoms with Gasteiger partial charge in [0.2, 0.25) is 11.8 Å². The Morgan fingerprint density at radius 3 is 2.68 bits per heavy atom. The number of methoxy groups -OCH3 is 1. The molecule has 0 unspecified atom stereocenters. The van der Waals surface area contributed by atoms with E-state index in [2.05, 4.69) is 9.97 Å². The lowest BCUT2D eigenvalue weighted by Gasteiger charge is -2.25. The molecule has 22 heavy (non-hydrogen) atoms. The van der Waals surface area contributed by atoms with Gasteiger partial charge in [-0.3, -0.25) is 0 Å². The fourth-order valence-corrected chi connectivity index (χ4v) is 2.79. The first-order valence-electron chi connectivity index (χ1n) is 7.16. The first-order chi connectivity index (χ1) is 10.6. The molecule has 3 rings (SSSR count). The molecule has 2 atom stereocenters. The number of ether oxygens (including phenoxy) is 1. The van der Waals surface area contributed by atoms with Crippen LogP contribution in [0.25, 0.3) is 0 Å². The van der Waals surface area contributed by atoms with E-state index in [0.29, 0.717) is 24.8 Å². The molecule has 0 aliphatic carbocycles. The zero-order valence-corrected chi connectivity index (χ0v) is 12.5. The van der Waals surface area contributed by atoms with Crippen molar-refractivity contribution in [3.05, 3.63) is 47.4 Å². The molecule has 1 aliphatic heterocycles. The molecule has 0 spiro atoms. The Hall–Kier alpha value is -2.21. The summed E-state index contributed by atoms with van der Waals surface area (Å²) in [6.45, 7) is 2.31. The molecule has 1 aliphatic rings. The van der Waals surface area contributed by atoms with Gasteiger partial charge >= 0.3 is 0 Å². The first-order valence-corrected chi connectivity index (χ1v) is 7.16. The Bertz CT molecular complexity index is 663. The lowest BCUT2D eigenvalue weighted by molar-refractivity contribution is 0.194. The number of halogens is 1. The van der Waals surface area contributed by atoms with Crippen molar-refractivity contribution < 1.29 is 14.2 Å². The van der Waals surface area contributed by atoms with Crippen molar-refractivity contribution in [2.45, 2.75) is 25.5 Å². The molecular formula is C16H18FN3O2. The summed E-state index contributed by atoms with van der Waals surface area (Å²) in [5.74, 6) is 0.729. The molecule has 1 aromatic carbocycles. The molecule has 0 saturated carbocycles. The maximum Gasteiger partial charge on any atom is 0.229 e. The van der Waals surface area contributed by atoms with Gasteiger partial charge in [0, 0.05) is 18.3 Å². The second kappa shape index (κ2) is 5.88. The molecule has 0 bridgehead atoms. The minimum Gasteiger partial charge on any atom is -0.481 e. The number of rotatable bonds is 3. The van der Waals surface area contributed by atoms with Crippen LogP contribution in [0.2, 0.25) is 0 Å². The summed E-state index contributed by atoms with van der Waals surface area (Å²) in [5.41, 5.74) is 1.73. The van der Waals surface area contributed by atoms with Gasteiger partial charge < -0.3 is 14.7 Å². The number of nitrogens with zero attached hydrogens (tertiary/aromatic N) is 3. The normalized spacial score (nSPS) is 21.2. The predicted molar refractivity (Wildman–Crippen MR) is 80.4 cm³/mol. The Labute approximate surface area is 128 Å². The van der Waals surface area contributed by atoms with Crippen LogP contribution in [0.3, 0.4) is 0 Å². The maximum atomic E-state index is 13.1. The van der Waals surface area contributed by atoms with Crippen molar-refractivity contribution in [1.29, 1.82) is 0 Å². The molecule has 1 fully saturated rings. The third-order valence-electron chi connectivity index (χ3n) is 3.82. The van der Waals surface area contributed by atoms with E-state index in [1.807, 2.05) is 11.8 Å². The van der Waals surface area contributed by atoms with Crippen molar-refractivity contribution in [3.8, 4) is 5.88 Å². The molecule has 6 heteroatoms. The van der Waals surface area contributed by atoms with Crippen LogP contribution in [-0.2, 0) is 0 Å². The topological polar surface area (TPSA) is 58.5 Å². The zero-order chi connectivity index (χ0) is 15.7. The minimum atomic E-state index is -0.467. The van der Waals surface area contributed by atoms with Crippen LogP contribution in [0.5, 0.6) is 5.88 Å². The lowest BCUT2D eigenvalue weighted by atomic mass is 10.0. The highest BCUT2D eigenvalue weighted by Crippen LogP contribution is 2.35. The summed E-state index contributed by atoms with van der Waals surface area (Å²) in [6, 6.07) is 7.99. The molecule has 1 N–H and O–H groups in total. The van der Waals surface area contributed by atoms with Gasteiger partial charge in [-0.05, 0) is 31.0 Å². The van der Waals surface area contributed by atoms with E-state index in [-0.39, 0.29) is 11.9 Å². The minimum absolute atomic E-state index is 0.0814. The average molecular weight is 303 g/mol. The number of aliphatic hydroxyl groups is 1. The van der Waals surface area contributed by atoms with Crippen molar-refractivity contribution in [1.82, 2.24) is 9.97 Å². The quantitative estimate of drug-likeness (QED) is 0.942. The number of aryl methyl sites for hydroxylation is 1. The van der Waals surface area contributed by atoms with Crippen LogP contribution in [0.4, 0.5) is 10.3 Å². The summed E-state index contributed by atoms with van der Waals surface area (Å²) < 4.78 is 18.3. The Balaban J connectivity index is 1.97. The molecule has 2 aromatic rings. The maximum absolute atomic E-state index is 13.1. The lowest BCUT2D eigenvalue weighted by Crippen LogP contribution is -2.26. The smallest absolute Gasteiger partial charge is 0.229 e. The second-order valence-corrected chi connectivity index (χ2v) is 5.46. The number of aliphatic hydroxyl groups excluding tert-OH is 1. The van der Waals surface area contributed by atoms with E-state index < -0.39 is 6.10 Å². The van der Waals surface area contributed by atoms with Crippen LogP contribution in [0.1, 0.15) is 23.7 Å². The largest absolute Gasteiger partial charge is 0.481 e. The third-order valence-corrected chi connectivity index (χ3v) is 3.82. The summed E-state index contributed by atoms with van der Waals surface area (Å²) in [6.07, 6.45) is 0.0933. The SMILES string of the molecule is COc1cc(C)nc(N2C[C@H](O)C[C@@H]2c2ccc(F)cc2)n1. The number of anilines is 1. The molecule has 1 saturated heterocycles. The summed E-state index contributed by atoms with van der Waals surface area (Å²) in [5, 5.41) is 10.0. The Morgan fingerprint density at radius 2 is 2.00 bits per heavy atom. The monoisotopic (exact) mass is 303 g/mol. The van der Waals surface area contributed by atoms with Crippen molar-refractivity contribution in [3.63, 3.8) is 0 Å². The number of aromatic nitrogens is 2. The predicted octanol–water partition coefficient (Wildman–Crippen LogP) is 2.25. The third kappa shape index (κ3) is 2.87. The van der Waals surface area contributed by atoms with Crippen molar-refractivity contribution in [2.75, 3.05) is 18.6 Å². The van der Waals surface area contributed by atoms with E-state index >= 15 is 0 Å². The Kier molecular flexibility index (Phi) is 3.94. The van der Waals surface area contributed by atoms with Crippen molar-refractivity contribution >= 4 is 5.95 Å². The summed E-state index contributed by atoms with van der Waals surface area (Å²) in [4.78, 5) is 10.7. The van der Waals surface area contributed by atoms with E-state index in [4.69, 9.17) is 4.74 Å². The number of β-amino-alcohol motifs (C(OH)–C–C–N with tert-alkyl or cyclic N) is 1. The average Bonchev–Trinajstić information content (AvgIpc) is 2.89. The van der Waals surface area contributed by atoms with Gasteiger partial charge in [-0.25, -0.2) is 9.37 Å². The van der Waals surface area contributed by atoms with Gasteiger partial charge in [0.1, 0.15) is 5.82 Å². The fraction of sp³-hybridized carbons (Fsp3) is 0.375. The van der Waals surface area contributed by atoms with Crippen LogP contribution < -0.4 is 9.64 Å². The fourth-order valence-electron chi connectivity index (χ4n) is 2.79. The molecule has 0 radical (unpaired) electrons. The van der Waals surface area contributed by atoms with Gasteiger partial charge in [-0.15, -0.1) is 0 Å². The van der Waals surface area contributed by atoms with Crippen LogP contribution in [-0.4, -0.2) is 34.8 Å². The highest BCUT2D eigenvalue weighted by molar-refractivity contribution is 5.41. The number of benzene rings is 1. The highest BCUT2D eigenvalue weighted by Gasteiger charge is 2.34. The van der Waals surface area contributed by atoms with E-state index in [9.17, 15) is 9.50 Å². The number of hydrogen-bond acceptors (Lipinski definition) is 5. The van der Waals surface area contributed by atoms with Gasteiger partial charge in [0.05, 0.1) is 19.3 Å². The molecule has 5 nitrogen and oxygen atoms in total. The first kappa shape index (κ1) is 14.7. The molecule has 2 heterocycles. The van der Waals surface area contributed by atoms with Gasteiger partial charge in [-0.1, -0.05) is 12.1 Å². The van der Waals surface area contributed by atoms with Crippen LogP contribution in [0.15, 0.2) is 30.3 Å². The summed E-state index contributed by atoms with van der Waals surface area (Å²) in [7, 11) is 1.56. The van der Waals surface area contributed by atoms with E-state index in [1.54, 1.807) is 25.3 Å². The van der Waals surface area contributed by atoms with Crippen molar-refractivity contribution in [2.24, 2.45) is 0 Å². The van der Waals surface area contributed by atoms with Gasteiger partial charge in [0.15, 0.2) is 0 Å².